The van der Waals surface area contributed by atoms with Gasteiger partial charge in [-0.2, -0.15) is 13.2 Å². The van der Waals surface area contributed by atoms with Crippen LogP contribution < -0.4 is 0 Å². The lowest BCUT2D eigenvalue weighted by atomic mass is 9.80. The van der Waals surface area contributed by atoms with Crippen LogP contribution in [0.1, 0.15) is 60.2 Å². The van der Waals surface area contributed by atoms with E-state index in [-0.39, 0.29) is 30.3 Å². The van der Waals surface area contributed by atoms with Gasteiger partial charge in [0.2, 0.25) is 0 Å². The lowest BCUT2D eigenvalue weighted by Crippen LogP contribution is -2.52. The zero-order chi connectivity index (χ0) is 24.9. The molecule has 1 spiro atoms. The highest BCUT2D eigenvalue weighted by atomic mass is 19.4. The summed E-state index contributed by atoms with van der Waals surface area (Å²) in [7, 11) is 0. The van der Waals surface area contributed by atoms with E-state index in [0.717, 1.165) is 31.2 Å². The summed E-state index contributed by atoms with van der Waals surface area (Å²) in [5.74, 6) is -0.0839. The van der Waals surface area contributed by atoms with Crippen LogP contribution in [-0.4, -0.2) is 55.0 Å². The summed E-state index contributed by atoms with van der Waals surface area (Å²) in [4.78, 5) is 14.9. The number of halogens is 3. The minimum Gasteiger partial charge on any atom is -0.378 e. The van der Waals surface area contributed by atoms with Gasteiger partial charge in [-0.05, 0) is 43.0 Å². The number of nitrogens with zero attached hydrogens (tertiary/aromatic N) is 1. The average Bonchev–Trinajstić information content (AvgIpc) is 2.84. The molecule has 2 aliphatic heterocycles. The van der Waals surface area contributed by atoms with Crippen LogP contribution in [0, 0.1) is 0 Å². The van der Waals surface area contributed by atoms with Crippen molar-refractivity contribution >= 4 is 5.91 Å². The van der Waals surface area contributed by atoms with Crippen molar-refractivity contribution in [3.63, 3.8) is 0 Å². The monoisotopic (exact) mass is 491 g/mol. The van der Waals surface area contributed by atoms with E-state index >= 15 is 0 Å². The Balaban J connectivity index is 1.35. The summed E-state index contributed by atoms with van der Waals surface area (Å²) in [6.07, 6.45) is -1.17. The minimum atomic E-state index is -4.35. The van der Waals surface area contributed by atoms with E-state index in [1.807, 2.05) is 30.0 Å². The Bertz CT molecular complexity index is 957. The zero-order valence-electron chi connectivity index (χ0n) is 19.9. The predicted molar refractivity (Wildman–Crippen MR) is 125 cm³/mol. The SMILES string of the molecule is CCOC1CC(c2ccccc2)OC2(CCN(C(=O)c3ccc(COCC(F)(F)F)cc3)CC2)C1. The molecule has 0 saturated carbocycles. The Kier molecular flexibility index (Phi) is 8.14. The van der Waals surface area contributed by atoms with Gasteiger partial charge in [0.05, 0.1) is 24.4 Å². The first-order chi connectivity index (χ1) is 16.8. The topological polar surface area (TPSA) is 48.0 Å². The maximum atomic E-state index is 13.1. The zero-order valence-corrected chi connectivity index (χ0v) is 19.9. The van der Waals surface area contributed by atoms with Crippen molar-refractivity contribution in [3.8, 4) is 0 Å². The van der Waals surface area contributed by atoms with Crippen LogP contribution in [0.5, 0.6) is 0 Å². The maximum absolute atomic E-state index is 13.1. The van der Waals surface area contributed by atoms with E-state index in [4.69, 9.17) is 9.47 Å². The van der Waals surface area contributed by atoms with Crippen molar-refractivity contribution < 1.29 is 32.2 Å². The van der Waals surface area contributed by atoms with Gasteiger partial charge in [-0.25, -0.2) is 0 Å². The third kappa shape index (κ3) is 6.84. The molecule has 2 aromatic carbocycles. The number of carbonyl (C=O) groups excluding carboxylic acids is 1. The highest BCUT2D eigenvalue weighted by Gasteiger charge is 2.45. The Morgan fingerprint density at radius 2 is 1.77 bits per heavy atom. The summed E-state index contributed by atoms with van der Waals surface area (Å²) >= 11 is 0. The Hall–Kier alpha value is -2.42. The first-order valence-electron chi connectivity index (χ1n) is 12.1. The second-order valence-corrected chi connectivity index (χ2v) is 9.31. The molecule has 0 N–H and O–H groups in total. The molecule has 2 saturated heterocycles. The van der Waals surface area contributed by atoms with Crippen LogP contribution >= 0.6 is 0 Å². The van der Waals surface area contributed by atoms with Crippen molar-refractivity contribution in [1.29, 1.82) is 0 Å². The van der Waals surface area contributed by atoms with Crippen molar-refractivity contribution in [2.75, 3.05) is 26.3 Å². The van der Waals surface area contributed by atoms with E-state index < -0.39 is 12.8 Å². The molecule has 4 rings (SSSR count). The van der Waals surface area contributed by atoms with Gasteiger partial charge in [0, 0.05) is 38.1 Å². The van der Waals surface area contributed by atoms with Crippen molar-refractivity contribution in [2.24, 2.45) is 0 Å². The number of amides is 1. The average molecular weight is 492 g/mol. The molecule has 5 nitrogen and oxygen atoms in total. The molecule has 1 amide bonds. The molecule has 35 heavy (non-hydrogen) atoms. The fourth-order valence-corrected chi connectivity index (χ4v) is 5.02. The third-order valence-electron chi connectivity index (χ3n) is 6.74. The summed E-state index contributed by atoms with van der Waals surface area (Å²) in [5.41, 5.74) is 1.93. The lowest BCUT2D eigenvalue weighted by molar-refractivity contribution is -0.190. The Morgan fingerprint density at radius 1 is 1.09 bits per heavy atom. The third-order valence-corrected chi connectivity index (χ3v) is 6.74. The van der Waals surface area contributed by atoms with Crippen LogP contribution in [-0.2, 0) is 20.8 Å². The van der Waals surface area contributed by atoms with Crippen LogP contribution in [0.3, 0.4) is 0 Å². The van der Waals surface area contributed by atoms with Crippen molar-refractivity contribution in [2.45, 2.75) is 63.2 Å². The van der Waals surface area contributed by atoms with Gasteiger partial charge < -0.3 is 19.1 Å². The number of likely N-dealkylation sites (tertiary alicyclic amines) is 1. The summed E-state index contributed by atoms with van der Waals surface area (Å²) in [5, 5.41) is 0. The number of benzene rings is 2. The molecular weight excluding hydrogens is 459 g/mol. The number of piperidine rings is 1. The van der Waals surface area contributed by atoms with Gasteiger partial charge in [0.25, 0.3) is 5.91 Å². The van der Waals surface area contributed by atoms with Gasteiger partial charge in [-0.1, -0.05) is 42.5 Å². The fourth-order valence-electron chi connectivity index (χ4n) is 5.02. The highest BCUT2D eigenvalue weighted by molar-refractivity contribution is 5.94. The summed E-state index contributed by atoms with van der Waals surface area (Å²) < 4.78 is 54.1. The number of hydrogen-bond acceptors (Lipinski definition) is 4. The Morgan fingerprint density at radius 3 is 2.40 bits per heavy atom. The quantitative estimate of drug-likeness (QED) is 0.499. The molecule has 2 heterocycles. The molecule has 2 unspecified atom stereocenters. The molecule has 2 aromatic rings. The lowest BCUT2D eigenvalue weighted by Gasteiger charge is -2.48. The highest BCUT2D eigenvalue weighted by Crippen LogP contribution is 2.44. The molecule has 2 fully saturated rings. The first-order valence-corrected chi connectivity index (χ1v) is 12.1. The van der Waals surface area contributed by atoms with Crippen molar-refractivity contribution in [3.05, 3.63) is 71.3 Å². The molecule has 190 valence electrons. The summed E-state index contributed by atoms with van der Waals surface area (Å²) in [6.45, 7) is 2.38. The normalized spacial score (nSPS) is 22.3. The van der Waals surface area contributed by atoms with Gasteiger partial charge in [-0.3, -0.25) is 4.79 Å². The molecule has 8 heteroatoms. The van der Waals surface area contributed by atoms with E-state index in [1.165, 1.54) is 0 Å². The standard InChI is InChI=1S/C27H32F3NO4/c1-2-34-23-16-24(21-6-4-3-5-7-21)35-26(17-23)12-14-31(15-13-26)25(32)22-10-8-20(9-11-22)18-33-19-27(28,29)30/h3-11,23-24H,2,12-19H2,1H3. The number of alkyl halides is 3. The molecule has 0 bridgehead atoms. The summed E-state index contributed by atoms with van der Waals surface area (Å²) in [6, 6.07) is 16.8. The first kappa shape index (κ1) is 25.7. The minimum absolute atomic E-state index is 0.0316. The van der Waals surface area contributed by atoms with Crippen molar-refractivity contribution in [1.82, 2.24) is 4.90 Å². The molecule has 0 aromatic heterocycles. The fraction of sp³-hybridized carbons (Fsp3) is 0.519. The number of hydrogen-bond donors (Lipinski definition) is 0. The van der Waals surface area contributed by atoms with Gasteiger partial charge in [0.15, 0.2) is 0 Å². The van der Waals surface area contributed by atoms with E-state index in [2.05, 4.69) is 16.9 Å². The second-order valence-electron chi connectivity index (χ2n) is 9.31. The van der Waals surface area contributed by atoms with E-state index in [0.29, 0.717) is 30.8 Å². The number of carbonyl (C=O) groups is 1. The van der Waals surface area contributed by atoms with Crippen LogP contribution in [0.15, 0.2) is 54.6 Å². The maximum Gasteiger partial charge on any atom is 0.411 e. The molecule has 0 radical (unpaired) electrons. The van der Waals surface area contributed by atoms with Gasteiger partial charge >= 0.3 is 6.18 Å². The van der Waals surface area contributed by atoms with Crippen LogP contribution in [0.4, 0.5) is 13.2 Å². The van der Waals surface area contributed by atoms with Crippen LogP contribution in [0.25, 0.3) is 0 Å². The molecule has 0 aliphatic carbocycles. The Labute approximate surface area is 204 Å². The number of rotatable bonds is 7. The number of ether oxygens (including phenoxy) is 3. The smallest absolute Gasteiger partial charge is 0.378 e. The van der Waals surface area contributed by atoms with Gasteiger partial charge in [0.1, 0.15) is 6.61 Å². The predicted octanol–water partition coefficient (Wildman–Crippen LogP) is 5.70. The molecule has 2 atom stereocenters. The molecule has 2 aliphatic rings. The van der Waals surface area contributed by atoms with E-state index in [9.17, 15) is 18.0 Å². The largest absolute Gasteiger partial charge is 0.411 e. The van der Waals surface area contributed by atoms with E-state index in [1.54, 1.807) is 24.3 Å². The molecular formula is C27H32F3NO4. The second kappa shape index (κ2) is 11.1. The van der Waals surface area contributed by atoms with Crippen LogP contribution in [0.2, 0.25) is 0 Å². The van der Waals surface area contributed by atoms with Gasteiger partial charge in [-0.15, -0.1) is 0 Å².